The van der Waals surface area contributed by atoms with E-state index in [-0.39, 0.29) is 5.75 Å². The quantitative estimate of drug-likeness (QED) is 0.570. The van der Waals surface area contributed by atoms with Gasteiger partial charge in [0.15, 0.2) is 0 Å². The van der Waals surface area contributed by atoms with E-state index in [1.807, 2.05) is 0 Å². The summed E-state index contributed by atoms with van der Waals surface area (Å²) in [4.78, 5) is 3.71. The second-order valence-electron chi connectivity index (χ2n) is 5.79. The first-order valence-corrected chi connectivity index (χ1v) is 8.47. The summed E-state index contributed by atoms with van der Waals surface area (Å²) >= 11 is 3.16. The van der Waals surface area contributed by atoms with Crippen molar-refractivity contribution in [2.24, 2.45) is 0 Å². The number of aliphatic hydroxyl groups is 1. The minimum Gasteiger partial charge on any atom is -0.430 e. The van der Waals surface area contributed by atoms with Gasteiger partial charge in [0.25, 0.3) is 0 Å². The van der Waals surface area contributed by atoms with Gasteiger partial charge in [-0.15, -0.1) is 0 Å². The average Bonchev–Trinajstić information content (AvgIpc) is 3.11. The molecule has 0 saturated carbocycles. The molecule has 3 aromatic rings. The second-order valence-corrected chi connectivity index (χ2v) is 6.71. The first kappa shape index (κ1) is 19.4. The van der Waals surface area contributed by atoms with E-state index in [2.05, 4.69) is 20.9 Å². The molecule has 4 nitrogen and oxygen atoms in total. The van der Waals surface area contributed by atoms with Crippen LogP contribution in [0.25, 0.3) is 0 Å². The third kappa shape index (κ3) is 3.98. The lowest BCUT2D eigenvalue weighted by Gasteiger charge is -2.36. The third-order valence-electron chi connectivity index (χ3n) is 3.89. The molecular weight excluding hydrogens is 432 g/mol. The summed E-state index contributed by atoms with van der Waals surface area (Å²) in [6.45, 7) is -0.823. The molecule has 0 aliphatic heterocycles. The molecular formula is C18H13BrF4N2O2. The normalized spacial score (nSPS) is 14.0. The van der Waals surface area contributed by atoms with Crippen LogP contribution in [-0.4, -0.2) is 20.8 Å². The first-order chi connectivity index (χ1) is 12.7. The number of aromatic nitrogens is 2. The van der Waals surface area contributed by atoms with Crippen molar-refractivity contribution in [1.29, 1.82) is 0 Å². The minimum atomic E-state index is -4.31. The molecule has 0 spiro atoms. The number of ether oxygens (including phenoxy) is 1. The number of nitrogens with zero attached hydrogens (tertiary/aromatic N) is 2. The Labute approximate surface area is 160 Å². The van der Waals surface area contributed by atoms with Gasteiger partial charge in [-0.3, -0.25) is 0 Å². The molecule has 27 heavy (non-hydrogen) atoms. The number of rotatable bonds is 6. The van der Waals surface area contributed by atoms with Crippen LogP contribution in [0.5, 0.6) is 5.75 Å². The van der Waals surface area contributed by atoms with Gasteiger partial charge in [0.2, 0.25) is 5.60 Å². The summed E-state index contributed by atoms with van der Waals surface area (Å²) in [6, 6.07) is 7.37. The monoisotopic (exact) mass is 444 g/mol. The van der Waals surface area contributed by atoms with Gasteiger partial charge in [0.1, 0.15) is 17.4 Å². The van der Waals surface area contributed by atoms with Crippen molar-refractivity contribution in [2.45, 2.75) is 18.3 Å². The van der Waals surface area contributed by atoms with Crippen LogP contribution in [0, 0.1) is 11.6 Å². The average molecular weight is 445 g/mol. The van der Waals surface area contributed by atoms with Gasteiger partial charge in [-0.1, -0.05) is 15.9 Å². The predicted molar refractivity (Wildman–Crippen MR) is 92.2 cm³/mol. The SMILES string of the molecule is OC(Cn1ccnc1)(c1cc(F)ccc1F)C(F)(F)Oc1ccc(Br)cc1. The number of hydrogen-bond donors (Lipinski definition) is 1. The van der Waals surface area contributed by atoms with Crippen LogP contribution in [0.15, 0.2) is 65.7 Å². The van der Waals surface area contributed by atoms with Gasteiger partial charge in [-0.25, -0.2) is 13.8 Å². The van der Waals surface area contributed by atoms with Crippen molar-refractivity contribution in [3.63, 3.8) is 0 Å². The number of benzene rings is 2. The van der Waals surface area contributed by atoms with Crippen LogP contribution in [0.3, 0.4) is 0 Å². The van der Waals surface area contributed by atoms with Crippen LogP contribution in [0.4, 0.5) is 17.6 Å². The van der Waals surface area contributed by atoms with Gasteiger partial charge in [0.05, 0.1) is 12.9 Å². The maximum Gasteiger partial charge on any atom is 0.433 e. The molecule has 1 atom stereocenters. The summed E-state index contributed by atoms with van der Waals surface area (Å²) in [6.07, 6.45) is -0.536. The molecule has 1 aromatic heterocycles. The Morgan fingerprint density at radius 2 is 1.81 bits per heavy atom. The zero-order valence-corrected chi connectivity index (χ0v) is 15.2. The van der Waals surface area contributed by atoms with Crippen LogP contribution in [0.2, 0.25) is 0 Å². The highest BCUT2D eigenvalue weighted by molar-refractivity contribution is 9.10. The van der Waals surface area contributed by atoms with Gasteiger partial charge < -0.3 is 14.4 Å². The van der Waals surface area contributed by atoms with E-state index in [1.165, 1.54) is 36.7 Å². The Kier molecular flexibility index (Phi) is 5.25. The fourth-order valence-electron chi connectivity index (χ4n) is 2.53. The Hall–Kier alpha value is -2.39. The summed E-state index contributed by atoms with van der Waals surface area (Å²) in [5, 5.41) is 10.9. The lowest BCUT2D eigenvalue weighted by molar-refractivity contribution is -0.300. The zero-order valence-electron chi connectivity index (χ0n) is 13.6. The summed E-state index contributed by atoms with van der Waals surface area (Å²) in [7, 11) is 0. The molecule has 1 unspecified atom stereocenters. The van der Waals surface area contributed by atoms with Crippen molar-refractivity contribution in [3.8, 4) is 5.75 Å². The molecule has 9 heteroatoms. The highest BCUT2D eigenvalue weighted by Gasteiger charge is 2.58. The molecule has 0 radical (unpaired) electrons. The maximum atomic E-state index is 15.0. The fraction of sp³-hybridized carbons (Fsp3) is 0.167. The Bertz CT molecular complexity index is 920. The number of imidazole rings is 1. The first-order valence-electron chi connectivity index (χ1n) is 7.67. The molecule has 2 aromatic carbocycles. The Morgan fingerprint density at radius 1 is 1.11 bits per heavy atom. The van der Waals surface area contributed by atoms with Crippen molar-refractivity contribution >= 4 is 15.9 Å². The Balaban J connectivity index is 2.07. The summed E-state index contributed by atoms with van der Waals surface area (Å²) < 4.78 is 64.4. The number of halogens is 5. The van der Waals surface area contributed by atoms with Crippen LogP contribution < -0.4 is 4.74 Å². The van der Waals surface area contributed by atoms with Crippen LogP contribution in [0.1, 0.15) is 5.56 Å². The molecule has 0 amide bonds. The van der Waals surface area contributed by atoms with Crippen molar-refractivity contribution in [2.75, 3.05) is 0 Å². The van der Waals surface area contributed by atoms with Gasteiger partial charge in [0, 0.05) is 22.4 Å². The number of hydrogen-bond acceptors (Lipinski definition) is 3. The van der Waals surface area contributed by atoms with Gasteiger partial charge in [-0.05, 0) is 42.5 Å². The topological polar surface area (TPSA) is 47.3 Å². The molecule has 1 heterocycles. The molecule has 142 valence electrons. The summed E-state index contributed by atoms with van der Waals surface area (Å²) in [5.74, 6) is -2.43. The molecule has 0 bridgehead atoms. The van der Waals surface area contributed by atoms with E-state index in [4.69, 9.17) is 4.74 Å². The van der Waals surface area contributed by atoms with Crippen molar-refractivity contribution in [3.05, 3.63) is 82.9 Å². The maximum absolute atomic E-state index is 15.0. The van der Waals surface area contributed by atoms with E-state index < -0.39 is 35.5 Å². The Morgan fingerprint density at radius 3 is 2.44 bits per heavy atom. The summed E-state index contributed by atoms with van der Waals surface area (Å²) in [5.41, 5.74) is -4.15. The van der Waals surface area contributed by atoms with Crippen molar-refractivity contribution in [1.82, 2.24) is 9.55 Å². The molecule has 0 aliphatic carbocycles. The molecule has 1 N–H and O–H groups in total. The second kappa shape index (κ2) is 7.32. The van der Waals surface area contributed by atoms with Crippen molar-refractivity contribution < 1.29 is 27.4 Å². The molecule has 0 fully saturated rings. The van der Waals surface area contributed by atoms with Crippen LogP contribution in [-0.2, 0) is 12.1 Å². The lowest BCUT2D eigenvalue weighted by atomic mass is 9.91. The minimum absolute atomic E-state index is 0.260. The van der Waals surface area contributed by atoms with E-state index in [1.54, 1.807) is 0 Å². The largest absolute Gasteiger partial charge is 0.433 e. The molecule has 0 saturated heterocycles. The van der Waals surface area contributed by atoms with Gasteiger partial charge >= 0.3 is 6.11 Å². The third-order valence-corrected chi connectivity index (χ3v) is 4.41. The smallest absolute Gasteiger partial charge is 0.430 e. The van der Waals surface area contributed by atoms with Crippen LogP contribution >= 0.6 is 15.9 Å². The van der Waals surface area contributed by atoms with Gasteiger partial charge in [-0.2, -0.15) is 8.78 Å². The predicted octanol–water partition coefficient (Wildman–Crippen LogP) is 4.48. The van der Waals surface area contributed by atoms with E-state index in [9.17, 15) is 13.9 Å². The van der Waals surface area contributed by atoms with E-state index in [0.29, 0.717) is 16.6 Å². The lowest BCUT2D eigenvalue weighted by Crippen LogP contribution is -2.52. The fourth-order valence-corrected chi connectivity index (χ4v) is 2.79. The highest BCUT2D eigenvalue weighted by Crippen LogP contribution is 2.42. The molecule has 0 aliphatic rings. The highest BCUT2D eigenvalue weighted by atomic mass is 79.9. The zero-order chi connectivity index (χ0) is 19.7. The van der Waals surface area contributed by atoms with E-state index >= 15 is 8.78 Å². The standard InChI is InChI=1S/C18H13BrF4N2O2/c19-12-1-4-14(5-2-12)27-18(22,23)17(26,10-25-8-7-24-11-25)15-9-13(20)3-6-16(15)21/h1-9,11,26H,10H2. The van der Waals surface area contributed by atoms with E-state index in [0.717, 1.165) is 17.0 Å². The number of alkyl halides is 2. The molecule has 3 rings (SSSR count).